The predicted octanol–water partition coefficient (Wildman–Crippen LogP) is 2.88. The van der Waals surface area contributed by atoms with E-state index in [1.807, 2.05) is 30.5 Å². The highest BCUT2D eigenvalue weighted by Gasteiger charge is 2.33. The largest absolute Gasteiger partial charge is 0.494 e. The maximum Gasteiger partial charge on any atom is 0.251 e. The van der Waals surface area contributed by atoms with Crippen molar-refractivity contribution >= 4 is 5.91 Å². The van der Waals surface area contributed by atoms with Crippen molar-refractivity contribution < 1.29 is 9.53 Å². The first-order valence-corrected chi connectivity index (χ1v) is 9.96. The maximum absolute atomic E-state index is 12.8. The van der Waals surface area contributed by atoms with Crippen LogP contribution in [-0.4, -0.2) is 53.4 Å². The summed E-state index contributed by atoms with van der Waals surface area (Å²) in [6.07, 6.45) is 9.91. The molecule has 0 aliphatic carbocycles. The second-order valence-electron chi connectivity index (χ2n) is 7.55. The molecule has 0 unspecified atom stereocenters. The zero-order valence-corrected chi connectivity index (χ0v) is 15.9. The van der Waals surface area contributed by atoms with Gasteiger partial charge in [0.25, 0.3) is 5.91 Å². The van der Waals surface area contributed by atoms with Crippen molar-refractivity contribution in [1.82, 2.24) is 20.0 Å². The number of aromatic nitrogens is 2. The molecule has 4 rings (SSSR count). The van der Waals surface area contributed by atoms with Crippen LogP contribution in [0.25, 0.3) is 5.69 Å². The van der Waals surface area contributed by atoms with Gasteiger partial charge in [-0.3, -0.25) is 4.79 Å². The number of fused-ring (bicyclic) bond motifs is 1. The molecule has 2 atom stereocenters. The van der Waals surface area contributed by atoms with E-state index in [2.05, 4.69) is 15.3 Å². The number of benzene rings is 1. The summed E-state index contributed by atoms with van der Waals surface area (Å²) in [5, 5.41) is 7.44. The molecule has 0 radical (unpaired) electrons. The topological polar surface area (TPSA) is 59.4 Å². The minimum atomic E-state index is -0.0287. The zero-order chi connectivity index (χ0) is 18.6. The first-order valence-electron chi connectivity index (χ1n) is 9.96. The molecule has 2 saturated heterocycles. The van der Waals surface area contributed by atoms with Crippen molar-refractivity contribution in [3.05, 3.63) is 42.2 Å². The van der Waals surface area contributed by atoms with Gasteiger partial charge in [-0.1, -0.05) is 6.42 Å². The van der Waals surface area contributed by atoms with Crippen LogP contribution < -0.4 is 10.1 Å². The van der Waals surface area contributed by atoms with E-state index in [-0.39, 0.29) is 5.91 Å². The average Bonchev–Trinajstić information content (AvgIpc) is 3.26. The molecule has 1 amide bonds. The van der Waals surface area contributed by atoms with Gasteiger partial charge < -0.3 is 15.0 Å². The van der Waals surface area contributed by atoms with E-state index < -0.39 is 0 Å². The third-order valence-corrected chi connectivity index (χ3v) is 5.95. The van der Waals surface area contributed by atoms with Crippen LogP contribution in [0.1, 0.15) is 42.5 Å². The normalized spacial score (nSPS) is 22.9. The first-order chi connectivity index (χ1) is 13.3. The first kappa shape index (κ1) is 18.0. The summed E-state index contributed by atoms with van der Waals surface area (Å²) in [6.45, 7) is 3.20. The molecular weight excluding hydrogens is 340 g/mol. The molecule has 2 aromatic rings. The Hall–Kier alpha value is -2.34. The van der Waals surface area contributed by atoms with Gasteiger partial charge in [0.15, 0.2) is 0 Å². The molecule has 1 aromatic heterocycles. The third kappa shape index (κ3) is 3.86. The molecule has 2 fully saturated rings. The lowest BCUT2D eigenvalue weighted by atomic mass is 9.83. The zero-order valence-electron chi connectivity index (χ0n) is 15.9. The second kappa shape index (κ2) is 8.13. The van der Waals surface area contributed by atoms with Crippen molar-refractivity contribution in [2.75, 3.05) is 26.7 Å². The monoisotopic (exact) mass is 368 g/mol. The molecule has 2 aliphatic rings. The van der Waals surface area contributed by atoms with Crippen LogP contribution in [-0.2, 0) is 0 Å². The van der Waals surface area contributed by atoms with Crippen LogP contribution in [0, 0.1) is 5.92 Å². The van der Waals surface area contributed by atoms with Crippen LogP contribution in [0.4, 0.5) is 0 Å². The Morgan fingerprint density at radius 1 is 1.26 bits per heavy atom. The number of amides is 1. The number of hydrogen-bond donors (Lipinski definition) is 1. The van der Waals surface area contributed by atoms with Gasteiger partial charge >= 0.3 is 0 Å². The van der Waals surface area contributed by atoms with Gasteiger partial charge in [0, 0.05) is 30.5 Å². The van der Waals surface area contributed by atoms with E-state index in [1.165, 1.54) is 45.2 Å². The molecule has 144 valence electrons. The van der Waals surface area contributed by atoms with Crippen LogP contribution in [0.15, 0.2) is 36.7 Å². The number of hydrogen-bond acceptors (Lipinski definition) is 4. The Bertz CT molecular complexity index is 772. The van der Waals surface area contributed by atoms with Crippen molar-refractivity contribution in [2.45, 2.75) is 38.1 Å². The fraction of sp³-hybridized carbons (Fsp3) is 0.524. The molecule has 6 nitrogen and oxygen atoms in total. The minimum Gasteiger partial charge on any atom is -0.494 e. The Balaban J connectivity index is 1.44. The molecule has 6 heteroatoms. The molecule has 27 heavy (non-hydrogen) atoms. The van der Waals surface area contributed by atoms with E-state index >= 15 is 0 Å². The van der Waals surface area contributed by atoms with Crippen molar-refractivity contribution in [3.8, 4) is 11.4 Å². The SMILES string of the molecule is COc1ccc(C(=O)NC[C@@H]2CCCN3CCCC[C@@H]23)cc1-n1cccn1. The molecular formula is C21H28N4O2. The fourth-order valence-electron chi connectivity index (χ4n) is 4.56. The van der Waals surface area contributed by atoms with Crippen LogP contribution in [0.5, 0.6) is 5.75 Å². The molecule has 1 N–H and O–H groups in total. The summed E-state index contributed by atoms with van der Waals surface area (Å²) in [6, 6.07) is 7.98. The number of carbonyl (C=O) groups excluding carboxylic acids is 1. The molecule has 0 saturated carbocycles. The highest BCUT2D eigenvalue weighted by atomic mass is 16.5. The van der Waals surface area contributed by atoms with E-state index in [9.17, 15) is 4.79 Å². The van der Waals surface area contributed by atoms with Gasteiger partial charge in [0.2, 0.25) is 0 Å². The Labute approximate surface area is 160 Å². The molecule has 2 aliphatic heterocycles. The summed E-state index contributed by atoms with van der Waals surface area (Å²) in [5.41, 5.74) is 1.41. The summed E-state index contributed by atoms with van der Waals surface area (Å²) in [4.78, 5) is 15.4. The van der Waals surface area contributed by atoms with Gasteiger partial charge in [-0.25, -0.2) is 4.68 Å². The average molecular weight is 368 g/mol. The van der Waals surface area contributed by atoms with Gasteiger partial charge in [-0.15, -0.1) is 0 Å². The van der Waals surface area contributed by atoms with Crippen molar-refractivity contribution in [1.29, 1.82) is 0 Å². The number of carbonyl (C=O) groups is 1. The number of piperidine rings is 2. The number of nitrogens with one attached hydrogen (secondary N) is 1. The van der Waals surface area contributed by atoms with Crippen LogP contribution in [0.3, 0.4) is 0 Å². The van der Waals surface area contributed by atoms with E-state index in [0.717, 1.165) is 12.2 Å². The van der Waals surface area contributed by atoms with Crippen LogP contribution >= 0.6 is 0 Å². The highest BCUT2D eigenvalue weighted by molar-refractivity contribution is 5.95. The van der Waals surface area contributed by atoms with Gasteiger partial charge in [0.1, 0.15) is 11.4 Å². The van der Waals surface area contributed by atoms with Crippen molar-refractivity contribution in [2.24, 2.45) is 5.92 Å². The lowest BCUT2D eigenvalue weighted by molar-refractivity contribution is 0.0575. The highest BCUT2D eigenvalue weighted by Crippen LogP contribution is 2.30. The van der Waals surface area contributed by atoms with E-state index in [4.69, 9.17) is 4.74 Å². The molecule has 0 spiro atoms. The van der Waals surface area contributed by atoms with Crippen LogP contribution in [0.2, 0.25) is 0 Å². The number of nitrogens with zero attached hydrogens (tertiary/aromatic N) is 3. The molecule has 1 aromatic carbocycles. The minimum absolute atomic E-state index is 0.0287. The van der Waals surface area contributed by atoms with Gasteiger partial charge in [-0.05, 0) is 69.0 Å². The van der Waals surface area contributed by atoms with E-state index in [1.54, 1.807) is 18.0 Å². The smallest absolute Gasteiger partial charge is 0.251 e. The Morgan fingerprint density at radius 2 is 2.15 bits per heavy atom. The molecule has 3 heterocycles. The number of methoxy groups -OCH3 is 1. The summed E-state index contributed by atoms with van der Waals surface area (Å²) >= 11 is 0. The summed E-state index contributed by atoms with van der Waals surface area (Å²) in [7, 11) is 1.63. The molecule has 0 bridgehead atoms. The van der Waals surface area contributed by atoms with Crippen molar-refractivity contribution in [3.63, 3.8) is 0 Å². The van der Waals surface area contributed by atoms with E-state index in [0.29, 0.717) is 23.3 Å². The lowest BCUT2D eigenvalue weighted by Gasteiger charge is -2.44. The predicted molar refractivity (Wildman–Crippen MR) is 104 cm³/mol. The van der Waals surface area contributed by atoms with Gasteiger partial charge in [0.05, 0.1) is 7.11 Å². The Kier molecular flexibility index (Phi) is 5.43. The maximum atomic E-state index is 12.8. The van der Waals surface area contributed by atoms with Gasteiger partial charge in [-0.2, -0.15) is 5.10 Å². The fourth-order valence-corrected chi connectivity index (χ4v) is 4.56. The third-order valence-electron chi connectivity index (χ3n) is 5.95. The number of ether oxygens (including phenoxy) is 1. The summed E-state index contributed by atoms with van der Waals surface area (Å²) in [5.74, 6) is 1.23. The number of rotatable bonds is 5. The standard InChI is InChI=1S/C21H28N4O2/c1-27-20-9-8-16(14-19(20)25-13-5-10-23-25)21(26)22-15-17-6-4-12-24-11-3-2-7-18(17)24/h5,8-10,13-14,17-18H,2-4,6-7,11-12,15H2,1H3,(H,22,26)/t17-,18-/m0/s1. The lowest BCUT2D eigenvalue weighted by Crippen LogP contribution is -2.51. The second-order valence-corrected chi connectivity index (χ2v) is 7.55. The quantitative estimate of drug-likeness (QED) is 0.882. The summed E-state index contributed by atoms with van der Waals surface area (Å²) < 4.78 is 7.14. The Morgan fingerprint density at radius 3 is 2.96 bits per heavy atom.